The topological polar surface area (TPSA) is 42.2 Å². The molecule has 0 spiro atoms. The largest absolute Gasteiger partial charge is 0.481 e. The van der Waals surface area contributed by atoms with E-state index < -0.39 is 5.97 Å². The van der Waals surface area contributed by atoms with Crippen LogP contribution < -0.4 is 0 Å². The Hall–Kier alpha value is -1.29. The lowest BCUT2D eigenvalue weighted by Crippen LogP contribution is -1.97. The van der Waals surface area contributed by atoms with Crippen LogP contribution in [0.1, 0.15) is 12.0 Å². The highest BCUT2D eigenvalue weighted by molar-refractivity contribution is 9.10. The second-order valence-electron chi connectivity index (χ2n) is 3.83. The predicted octanol–water partition coefficient (Wildman–Crippen LogP) is 2.96. The molecule has 1 aromatic carbocycles. The lowest BCUT2D eigenvalue weighted by molar-refractivity contribution is -0.136. The van der Waals surface area contributed by atoms with Crippen LogP contribution in [-0.4, -0.2) is 15.6 Å². The van der Waals surface area contributed by atoms with E-state index >= 15 is 0 Å². The van der Waals surface area contributed by atoms with Gasteiger partial charge in [0.05, 0.1) is 0 Å². The summed E-state index contributed by atoms with van der Waals surface area (Å²) in [4.78, 5) is 10.5. The van der Waals surface area contributed by atoms with Gasteiger partial charge >= 0.3 is 5.97 Å². The second-order valence-corrected chi connectivity index (χ2v) is 4.69. The zero-order valence-electron chi connectivity index (χ0n) is 8.90. The van der Waals surface area contributed by atoms with E-state index in [1.165, 1.54) is 0 Å². The molecule has 0 aliphatic carbocycles. The molecule has 1 heterocycles. The van der Waals surface area contributed by atoms with Crippen molar-refractivity contribution in [3.05, 3.63) is 34.4 Å². The maximum atomic E-state index is 10.5. The van der Waals surface area contributed by atoms with Crippen molar-refractivity contribution in [2.24, 2.45) is 7.05 Å². The number of fused-ring (bicyclic) bond motifs is 1. The van der Waals surface area contributed by atoms with Crippen LogP contribution in [0.25, 0.3) is 10.9 Å². The second kappa shape index (κ2) is 4.29. The van der Waals surface area contributed by atoms with E-state index in [0.29, 0.717) is 6.42 Å². The van der Waals surface area contributed by atoms with Gasteiger partial charge in [0.25, 0.3) is 0 Å². The van der Waals surface area contributed by atoms with Gasteiger partial charge in [-0.05, 0) is 40.0 Å². The minimum absolute atomic E-state index is 0.177. The molecule has 0 aliphatic rings. The molecule has 0 aliphatic heterocycles. The van der Waals surface area contributed by atoms with Crippen molar-refractivity contribution in [1.82, 2.24) is 4.57 Å². The summed E-state index contributed by atoms with van der Waals surface area (Å²) in [7, 11) is 1.99. The number of aryl methyl sites for hydroxylation is 2. The van der Waals surface area contributed by atoms with Gasteiger partial charge in [-0.3, -0.25) is 4.79 Å². The van der Waals surface area contributed by atoms with Crippen LogP contribution >= 0.6 is 15.9 Å². The van der Waals surface area contributed by atoms with Crippen LogP contribution in [0, 0.1) is 0 Å². The van der Waals surface area contributed by atoms with Gasteiger partial charge in [0.2, 0.25) is 0 Å². The molecule has 0 bridgehead atoms. The number of nitrogens with zero attached hydrogens (tertiary/aromatic N) is 1. The van der Waals surface area contributed by atoms with Crippen molar-refractivity contribution in [2.75, 3.05) is 0 Å². The minimum atomic E-state index is -0.757. The van der Waals surface area contributed by atoms with Crippen molar-refractivity contribution in [3.63, 3.8) is 0 Å². The quantitative estimate of drug-likeness (QED) is 0.940. The Kier molecular flexibility index (Phi) is 3.01. The lowest BCUT2D eigenvalue weighted by atomic mass is 10.1. The van der Waals surface area contributed by atoms with Gasteiger partial charge in [0.1, 0.15) is 0 Å². The van der Waals surface area contributed by atoms with Crippen molar-refractivity contribution in [2.45, 2.75) is 12.8 Å². The minimum Gasteiger partial charge on any atom is -0.481 e. The summed E-state index contributed by atoms with van der Waals surface area (Å²) in [6.45, 7) is 0. The van der Waals surface area contributed by atoms with Crippen LogP contribution in [0.3, 0.4) is 0 Å². The maximum absolute atomic E-state index is 10.5. The van der Waals surface area contributed by atoms with Crippen molar-refractivity contribution >= 4 is 32.8 Å². The first-order valence-corrected chi connectivity index (χ1v) is 5.82. The normalized spacial score (nSPS) is 10.9. The van der Waals surface area contributed by atoms with Crippen LogP contribution in [0.5, 0.6) is 0 Å². The number of halogens is 1. The van der Waals surface area contributed by atoms with Crippen molar-refractivity contribution in [1.29, 1.82) is 0 Å². The Bertz CT molecular complexity index is 545. The fourth-order valence-electron chi connectivity index (χ4n) is 1.80. The molecule has 2 aromatic rings. The Morgan fingerprint density at radius 2 is 2.25 bits per heavy atom. The number of benzene rings is 1. The first-order chi connectivity index (χ1) is 7.58. The van der Waals surface area contributed by atoms with Crippen molar-refractivity contribution in [3.8, 4) is 0 Å². The molecule has 0 atom stereocenters. The summed E-state index contributed by atoms with van der Waals surface area (Å²) >= 11 is 3.49. The van der Waals surface area contributed by atoms with Gasteiger partial charge in [-0.25, -0.2) is 0 Å². The Labute approximate surface area is 102 Å². The summed E-state index contributed by atoms with van der Waals surface area (Å²) in [5.74, 6) is -0.757. The number of hydrogen-bond acceptors (Lipinski definition) is 1. The fourth-order valence-corrected chi connectivity index (χ4v) is 2.42. The molecule has 1 N–H and O–H groups in total. The zero-order chi connectivity index (χ0) is 11.7. The molecule has 0 saturated heterocycles. The van der Waals surface area contributed by atoms with Crippen molar-refractivity contribution < 1.29 is 9.90 Å². The lowest BCUT2D eigenvalue weighted by Gasteiger charge is -2.01. The Balaban J connectivity index is 2.36. The predicted molar refractivity (Wildman–Crippen MR) is 66.6 cm³/mol. The highest BCUT2D eigenvalue weighted by Crippen LogP contribution is 2.26. The molecular formula is C12H12BrNO2. The third-order valence-corrected chi connectivity index (χ3v) is 3.26. The van der Waals surface area contributed by atoms with Crippen LogP contribution in [0.4, 0.5) is 0 Å². The van der Waals surface area contributed by atoms with E-state index in [1.54, 1.807) is 0 Å². The third kappa shape index (κ3) is 2.11. The molecule has 4 heteroatoms. The molecule has 0 unspecified atom stereocenters. The Morgan fingerprint density at radius 1 is 1.50 bits per heavy atom. The number of carboxylic acid groups (broad SMARTS) is 1. The first-order valence-electron chi connectivity index (χ1n) is 5.03. The molecule has 84 valence electrons. The first kappa shape index (κ1) is 11.2. The standard InChI is InChI=1S/C12H12BrNO2/c1-14-7-10(13)9-6-8(2-4-11(9)14)3-5-12(15)16/h2,4,6-7H,3,5H2,1H3,(H,15,16). The van der Waals surface area contributed by atoms with E-state index in [0.717, 1.165) is 20.9 Å². The average Bonchev–Trinajstić information content (AvgIpc) is 2.52. The van der Waals surface area contributed by atoms with Gasteiger partial charge in [0, 0.05) is 35.0 Å². The monoisotopic (exact) mass is 281 g/mol. The molecule has 1 aromatic heterocycles. The number of hydrogen-bond donors (Lipinski definition) is 1. The van der Waals surface area contributed by atoms with Crippen LogP contribution in [-0.2, 0) is 18.3 Å². The Morgan fingerprint density at radius 3 is 2.94 bits per heavy atom. The number of aromatic nitrogens is 1. The third-order valence-electron chi connectivity index (χ3n) is 2.63. The van der Waals surface area contributed by atoms with E-state index in [9.17, 15) is 4.79 Å². The zero-order valence-corrected chi connectivity index (χ0v) is 10.5. The number of carbonyl (C=O) groups is 1. The smallest absolute Gasteiger partial charge is 0.303 e. The van der Waals surface area contributed by atoms with E-state index in [-0.39, 0.29) is 6.42 Å². The fraction of sp³-hybridized carbons (Fsp3) is 0.250. The van der Waals surface area contributed by atoms with Gasteiger partial charge in [0.15, 0.2) is 0 Å². The molecular weight excluding hydrogens is 270 g/mol. The molecule has 0 amide bonds. The molecule has 0 radical (unpaired) electrons. The van der Waals surface area contributed by atoms with E-state index in [2.05, 4.69) is 15.9 Å². The molecule has 0 saturated carbocycles. The number of carboxylic acids is 1. The van der Waals surface area contributed by atoms with Crippen LogP contribution in [0.15, 0.2) is 28.9 Å². The summed E-state index contributed by atoms with van der Waals surface area (Å²) in [5, 5.41) is 9.76. The molecule has 3 nitrogen and oxygen atoms in total. The summed E-state index contributed by atoms with van der Waals surface area (Å²) in [6, 6.07) is 6.05. The summed E-state index contributed by atoms with van der Waals surface area (Å²) < 4.78 is 3.09. The molecule has 16 heavy (non-hydrogen) atoms. The molecule has 2 rings (SSSR count). The SMILES string of the molecule is Cn1cc(Br)c2cc(CCC(=O)O)ccc21. The maximum Gasteiger partial charge on any atom is 0.303 e. The van der Waals surface area contributed by atoms with Gasteiger partial charge in [-0.2, -0.15) is 0 Å². The van der Waals surface area contributed by atoms with Crippen LogP contribution in [0.2, 0.25) is 0 Å². The van der Waals surface area contributed by atoms with E-state index in [4.69, 9.17) is 5.11 Å². The van der Waals surface area contributed by atoms with Gasteiger partial charge in [-0.1, -0.05) is 6.07 Å². The highest BCUT2D eigenvalue weighted by Gasteiger charge is 2.06. The molecule has 0 fully saturated rings. The van der Waals surface area contributed by atoms with E-state index in [1.807, 2.05) is 36.0 Å². The van der Waals surface area contributed by atoms with Gasteiger partial charge < -0.3 is 9.67 Å². The highest BCUT2D eigenvalue weighted by atomic mass is 79.9. The summed E-state index contributed by atoms with van der Waals surface area (Å²) in [6.07, 6.45) is 2.76. The average molecular weight is 282 g/mol. The number of rotatable bonds is 3. The summed E-state index contributed by atoms with van der Waals surface area (Å²) in [5.41, 5.74) is 2.20. The number of aliphatic carboxylic acids is 1. The van der Waals surface area contributed by atoms with Gasteiger partial charge in [-0.15, -0.1) is 0 Å².